The summed E-state index contributed by atoms with van der Waals surface area (Å²) in [6, 6.07) is 7.58. The quantitative estimate of drug-likeness (QED) is 0.779. The van der Waals surface area contributed by atoms with Crippen LogP contribution in [0.15, 0.2) is 36.8 Å². The lowest BCUT2D eigenvalue weighted by atomic mass is 10.2. The van der Waals surface area contributed by atoms with Gasteiger partial charge in [-0.25, -0.2) is 9.97 Å². The molecule has 100 valence electrons. The maximum absolute atomic E-state index is 6.07. The molecule has 0 unspecified atom stereocenters. The molecule has 19 heavy (non-hydrogen) atoms. The molecule has 2 rings (SSSR count). The molecule has 2 aromatic rings. The first-order chi connectivity index (χ1) is 9.31. The van der Waals surface area contributed by atoms with Gasteiger partial charge in [0.05, 0.1) is 30.2 Å². The predicted octanol–water partition coefficient (Wildman–Crippen LogP) is 2.46. The van der Waals surface area contributed by atoms with Gasteiger partial charge in [0.25, 0.3) is 0 Å². The lowest BCUT2D eigenvalue weighted by Crippen LogP contribution is -2.06. The molecule has 1 aromatic heterocycles. The Morgan fingerprint density at radius 1 is 1.32 bits per heavy atom. The van der Waals surface area contributed by atoms with Crippen molar-refractivity contribution >= 4 is 11.4 Å². The van der Waals surface area contributed by atoms with Gasteiger partial charge in [-0.15, -0.1) is 0 Å². The van der Waals surface area contributed by atoms with E-state index in [9.17, 15) is 0 Å². The van der Waals surface area contributed by atoms with E-state index in [1.807, 2.05) is 24.3 Å². The molecule has 0 amide bonds. The van der Waals surface area contributed by atoms with Crippen molar-refractivity contribution in [2.24, 2.45) is 0 Å². The highest BCUT2D eigenvalue weighted by Crippen LogP contribution is 2.29. The van der Waals surface area contributed by atoms with Crippen molar-refractivity contribution in [3.05, 3.63) is 42.5 Å². The number of ether oxygens (including phenoxy) is 1. The average Bonchev–Trinajstić information content (AvgIpc) is 2.46. The smallest absolute Gasteiger partial charge is 0.144 e. The number of rotatable bonds is 6. The average molecular weight is 258 g/mol. The summed E-state index contributed by atoms with van der Waals surface area (Å²) < 4.78 is 5.59. The summed E-state index contributed by atoms with van der Waals surface area (Å²) in [7, 11) is 0. The van der Waals surface area contributed by atoms with Crippen molar-refractivity contribution in [1.82, 2.24) is 9.97 Å². The topological polar surface area (TPSA) is 73.1 Å². The molecule has 0 bridgehead atoms. The third-order valence-electron chi connectivity index (χ3n) is 2.63. The number of hydrogen-bond acceptors (Lipinski definition) is 5. The van der Waals surface area contributed by atoms with Crippen LogP contribution in [0.4, 0.5) is 11.4 Å². The highest BCUT2D eigenvalue weighted by molar-refractivity contribution is 5.72. The standard InChI is InChI=1S/C14H18N4O/c1-2-8-19-13-5-3-4-12(14(13)15)17-9-11-6-7-16-10-18-11/h3-7,10,17H,2,8-9,15H2,1H3. The molecule has 0 saturated heterocycles. The van der Waals surface area contributed by atoms with Crippen LogP contribution in [0.1, 0.15) is 19.0 Å². The predicted molar refractivity (Wildman–Crippen MR) is 76.0 cm³/mol. The van der Waals surface area contributed by atoms with Crippen LogP contribution in [0.2, 0.25) is 0 Å². The fourth-order valence-electron chi connectivity index (χ4n) is 1.64. The first kappa shape index (κ1) is 13.1. The van der Waals surface area contributed by atoms with E-state index in [0.29, 0.717) is 18.8 Å². The number of nitrogen functional groups attached to an aromatic ring is 1. The second-order valence-corrected chi connectivity index (χ2v) is 4.12. The van der Waals surface area contributed by atoms with Gasteiger partial charge < -0.3 is 15.8 Å². The number of nitrogens with one attached hydrogen (secondary N) is 1. The molecule has 0 aliphatic carbocycles. The van der Waals surface area contributed by atoms with E-state index in [2.05, 4.69) is 22.2 Å². The number of aromatic nitrogens is 2. The van der Waals surface area contributed by atoms with Gasteiger partial charge in [0.2, 0.25) is 0 Å². The Balaban J connectivity index is 2.04. The van der Waals surface area contributed by atoms with E-state index in [0.717, 1.165) is 23.6 Å². The summed E-state index contributed by atoms with van der Waals surface area (Å²) in [4.78, 5) is 8.03. The van der Waals surface area contributed by atoms with Gasteiger partial charge in [-0.3, -0.25) is 0 Å². The van der Waals surface area contributed by atoms with Gasteiger partial charge in [-0.1, -0.05) is 13.0 Å². The minimum absolute atomic E-state index is 0.601. The van der Waals surface area contributed by atoms with Crippen LogP contribution in [-0.2, 0) is 6.54 Å². The van der Waals surface area contributed by atoms with E-state index < -0.39 is 0 Å². The highest BCUT2D eigenvalue weighted by Gasteiger charge is 2.05. The lowest BCUT2D eigenvalue weighted by molar-refractivity contribution is 0.319. The van der Waals surface area contributed by atoms with Crippen molar-refractivity contribution in [3.8, 4) is 5.75 Å². The molecule has 0 radical (unpaired) electrons. The van der Waals surface area contributed by atoms with E-state index >= 15 is 0 Å². The Morgan fingerprint density at radius 2 is 2.21 bits per heavy atom. The Kier molecular flexibility index (Phi) is 4.55. The zero-order valence-electron chi connectivity index (χ0n) is 11.0. The van der Waals surface area contributed by atoms with Crippen LogP contribution in [-0.4, -0.2) is 16.6 Å². The summed E-state index contributed by atoms with van der Waals surface area (Å²) in [6.45, 7) is 3.33. The molecule has 0 fully saturated rings. The third kappa shape index (κ3) is 3.58. The maximum Gasteiger partial charge on any atom is 0.144 e. The van der Waals surface area contributed by atoms with Gasteiger partial charge in [-0.05, 0) is 24.6 Å². The number of anilines is 2. The Morgan fingerprint density at radius 3 is 2.95 bits per heavy atom. The lowest BCUT2D eigenvalue weighted by Gasteiger charge is -2.13. The summed E-state index contributed by atoms with van der Waals surface area (Å²) in [6.07, 6.45) is 4.20. The number of benzene rings is 1. The molecule has 3 N–H and O–H groups in total. The highest BCUT2D eigenvalue weighted by atomic mass is 16.5. The Bertz CT molecular complexity index is 516. The summed E-state index contributed by atoms with van der Waals surface area (Å²) in [5.74, 6) is 0.717. The van der Waals surface area contributed by atoms with Crippen LogP contribution in [0.25, 0.3) is 0 Å². The number of hydrogen-bond donors (Lipinski definition) is 2. The first-order valence-electron chi connectivity index (χ1n) is 6.31. The summed E-state index contributed by atoms with van der Waals surface area (Å²) in [5, 5.41) is 3.25. The molecule has 0 aliphatic rings. The Hall–Kier alpha value is -2.30. The van der Waals surface area contributed by atoms with Gasteiger partial charge in [-0.2, -0.15) is 0 Å². The van der Waals surface area contributed by atoms with Gasteiger partial charge in [0.15, 0.2) is 0 Å². The molecular formula is C14H18N4O. The molecule has 5 nitrogen and oxygen atoms in total. The molecular weight excluding hydrogens is 240 g/mol. The molecule has 5 heteroatoms. The SMILES string of the molecule is CCCOc1cccc(NCc2ccncn2)c1N. The fraction of sp³-hybridized carbons (Fsp3) is 0.286. The van der Waals surface area contributed by atoms with Gasteiger partial charge in [0, 0.05) is 6.20 Å². The van der Waals surface area contributed by atoms with Crippen LogP contribution in [0.5, 0.6) is 5.75 Å². The van der Waals surface area contributed by atoms with Crippen molar-refractivity contribution < 1.29 is 4.74 Å². The second-order valence-electron chi connectivity index (χ2n) is 4.12. The molecule has 0 aliphatic heterocycles. The first-order valence-corrected chi connectivity index (χ1v) is 6.31. The van der Waals surface area contributed by atoms with Crippen LogP contribution < -0.4 is 15.8 Å². The molecule has 1 aromatic carbocycles. The zero-order chi connectivity index (χ0) is 13.5. The molecule has 0 atom stereocenters. The third-order valence-corrected chi connectivity index (χ3v) is 2.63. The number of nitrogens with zero attached hydrogens (tertiary/aromatic N) is 2. The number of para-hydroxylation sites is 1. The maximum atomic E-state index is 6.07. The second kappa shape index (κ2) is 6.58. The molecule has 1 heterocycles. The van der Waals surface area contributed by atoms with E-state index in [1.165, 1.54) is 6.33 Å². The summed E-state index contributed by atoms with van der Waals surface area (Å²) >= 11 is 0. The van der Waals surface area contributed by atoms with E-state index in [4.69, 9.17) is 10.5 Å². The van der Waals surface area contributed by atoms with E-state index in [-0.39, 0.29) is 0 Å². The fourth-order valence-corrected chi connectivity index (χ4v) is 1.64. The van der Waals surface area contributed by atoms with Crippen molar-refractivity contribution in [2.45, 2.75) is 19.9 Å². The van der Waals surface area contributed by atoms with Crippen LogP contribution in [0, 0.1) is 0 Å². The minimum atomic E-state index is 0.601. The molecule has 0 spiro atoms. The Labute approximate surface area is 112 Å². The zero-order valence-corrected chi connectivity index (χ0v) is 11.0. The van der Waals surface area contributed by atoms with Crippen LogP contribution >= 0.6 is 0 Å². The van der Waals surface area contributed by atoms with Crippen molar-refractivity contribution in [3.63, 3.8) is 0 Å². The van der Waals surface area contributed by atoms with Gasteiger partial charge >= 0.3 is 0 Å². The normalized spacial score (nSPS) is 10.2. The summed E-state index contributed by atoms with van der Waals surface area (Å²) in [5.41, 5.74) is 8.46. The monoisotopic (exact) mass is 258 g/mol. The van der Waals surface area contributed by atoms with Crippen molar-refractivity contribution in [2.75, 3.05) is 17.7 Å². The number of nitrogens with two attached hydrogens (primary N) is 1. The largest absolute Gasteiger partial charge is 0.491 e. The van der Waals surface area contributed by atoms with Crippen molar-refractivity contribution in [1.29, 1.82) is 0 Å². The minimum Gasteiger partial charge on any atom is -0.491 e. The van der Waals surface area contributed by atoms with E-state index in [1.54, 1.807) is 6.20 Å². The molecule has 0 saturated carbocycles. The van der Waals surface area contributed by atoms with Crippen LogP contribution in [0.3, 0.4) is 0 Å². The van der Waals surface area contributed by atoms with Gasteiger partial charge in [0.1, 0.15) is 12.1 Å².